The molecule has 2 aliphatic carbocycles. The zero-order valence-electron chi connectivity index (χ0n) is 18.0. The minimum atomic E-state index is -0.804. The van der Waals surface area contributed by atoms with Crippen LogP contribution in [0.1, 0.15) is 75.3 Å². The Morgan fingerprint density at radius 2 is 1.67 bits per heavy atom. The third-order valence-electron chi connectivity index (χ3n) is 6.74. The molecule has 5 rings (SSSR count). The van der Waals surface area contributed by atoms with Crippen molar-refractivity contribution in [2.45, 2.75) is 63.3 Å². The number of phenolic OH excluding ortho intramolecular Hbond substituents is 2. The van der Waals surface area contributed by atoms with Gasteiger partial charge in [-0.15, -0.1) is 12.4 Å². The van der Waals surface area contributed by atoms with E-state index in [4.69, 9.17) is 15.2 Å². The van der Waals surface area contributed by atoms with Crippen LogP contribution in [0.4, 0.5) is 0 Å². The van der Waals surface area contributed by atoms with Crippen molar-refractivity contribution >= 4 is 24.0 Å². The standard InChI is InChI=1S/C24H25NO7.ClH/c1-10-20(26)14(25)9-16(31-10)32-15-8-4-7-13-17(15)24(30)19-18(23(13)29)21(27)11-5-2-3-6-12(11)22(19)28;/h2-3,5-6,10,14-16,20,26,29-30H,4,7-9,25H2,1H3;1H. The van der Waals surface area contributed by atoms with Crippen LogP contribution in [-0.2, 0) is 15.9 Å². The number of aliphatic hydroxyl groups excluding tert-OH is 1. The van der Waals surface area contributed by atoms with Gasteiger partial charge in [-0.3, -0.25) is 9.59 Å². The highest BCUT2D eigenvalue weighted by Gasteiger charge is 2.41. The first kappa shape index (κ1) is 23.7. The highest BCUT2D eigenvalue weighted by Crippen LogP contribution is 2.49. The van der Waals surface area contributed by atoms with E-state index in [2.05, 4.69) is 0 Å². The molecule has 5 unspecified atom stereocenters. The van der Waals surface area contributed by atoms with Gasteiger partial charge in [-0.05, 0) is 26.2 Å². The van der Waals surface area contributed by atoms with Gasteiger partial charge in [-0.25, -0.2) is 0 Å². The number of aromatic hydroxyl groups is 2. The van der Waals surface area contributed by atoms with E-state index >= 15 is 0 Å². The number of ketones is 2. The molecule has 0 amide bonds. The summed E-state index contributed by atoms with van der Waals surface area (Å²) >= 11 is 0. The van der Waals surface area contributed by atoms with E-state index in [0.717, 1.165) is 0 Å². The van der Waals surface area contributed by atoms with Crippen molar-refractivity contribution in [3.05, 3.63) is 57.6 Å². The predicted molar refractivity (Wildman–Crippen MR) is 120 cm³/mol. The van der Waals surface area contributed by atoms with Crippen molar-refractivity contribution in [2.24, 2.45) is 5.73 Å². The molecule has 2 aromatic carbocycles. The molecule has 0 spiro atoms. The van der Waals surface area contributed by atoms with Gasteiger partial charge < -0.3 is 30.5 Å². The quantitative estimate of drug-likeness (QED) is 0.414. The molecule has 2 aromatic rings. The molecule has 176 valence electrons. The number of carbonyl (C=O) groups is 2. The minimum absolute atomic E-state index is 0. The summed E-state index contributed by atoms with van der Waals surface area (Å²) in [6, 6.07) is 5.86. The Morgan fingerprint density at radius 1 is 1.06 bits per heavy atom. The second-order valence-electron chi connectivity index (χ2n) is 8.72. The summed E-state index contributed by atoms with van der Waals surface area (Å²) in [5.41, 5.74) is 6.78. The van der Waals surface area contributed by atoms with Gasteiger partial charge in [0.2, 0.25) is 0 Å². The van der Waals surface area contributed by atoms with Gasteiger partial charge in [0.15, 0.2) is 17.9 Å². The third kappa shape index (κ3) is 3.62. The summed E-state index contributed by atoms with van der Waals surface area (Å²) in [7, 11) is 0. The molecule has 0 aromatic heterocycles. The number of carbonyl (C=O) groups excluding carboxylic acids is 2. The van der Waals surface area contributed by atoms with Gasteiger partial charge in [0.1, 0.15) is 11.5 Å². The SMILES string of the molecule is CC1OC(OC2CCCc3c(O)c4c(c(O)c32)C(=O)c2ccccc2C4=O)CC(N)C1O.Cl. The maximum Gasteiger partial charge on any atom is 0.198 e. The highest BCUT2D eigenvalue weighted by atomic mass is 35.5. The molecule has 8 nitrogen and oxygen atoms in total. The number of hydrogen-bond acceptors (Lipinski definition) is 8. The first-order chi connectivity index (χ1) is 15.3. The van der Waals surface area contributed by atoms with Crippen molar-refractivity contribution in [3.63, 3.8) is 0 Å². The van der Waals surface area contributed by atoms with Crippen LogP contribution in [-0.4, -0.2) is 51.4 Å². The Balaban J connectivity index is 0.00000259. The van der Waals surface area contributed by atoms with Gasteiger partial charge in [-0.1, -0.05) is 24.3 Å². The molecule has 0 bridgehead atoms. The number of hydrogen-bond donors (Lipinski definition) is 4. The molecule has 1 aliphatic heterocycles. The summed E-state index contributed by atoms with van der Waals surface area (Å²) < 4.78 is 11.9. The van der Waals surface area contributed by atoms with Crippen LogP contribution >= 0.6 is 12.4 Å². The Hall–Kier alpha value is -2.49. The molecule has 1 heterocycles. The molecule has 0 saturated carbocycles. The average molecular weight is 476 g/mol. The lowest BCUT2D eigenvalue weighted by Gasteiger charge is -2.39. The number of rotatable bonds is 2. The lowest BCUT2D eigenvalue weighted by Crippen LogP contribution is -2.51. The first-order valence-corrected chi connectivity index (χ1v) is 10.8. The van der Waals surface area contributed by atoms with E-state index in [1.165, 1.54) is 6.07 Å². The Labute approximate surface area is 196 Å². The van der Waals surface area contributed by atoms with Crippen molar-refractivity contribution in [1.82, 2.24) is 0 Å². The molecule has 9 heteroatoms. The van der Waals surface area contributed by atoms with Crippen LogP contribution in [0.5, 0.6) is 11.5 Å². The van der Waals surface area contributed by atoms with Crippen LogP contribution in [0.2, 0.25) is 0 Å². The van der Waals surface area contributed by atoms with Crippen LogP contribution in [0.15, 0.2) is 24.3 Å². The van der Waals surface area contributed by atoms with Gasteiger partial charge in [0.05, 0.1) is 29.4 Å². The van der Waals surface area contributed by atoms with Crippen LogP contribution < -0.4 is 5.73 Å². The zero-order chi connectivity index (χ0) is 22.7. The van der Waals surface area contributed by atoms with Crippen molar-refractivity contribution in [2.75, 3.05) is 0 Å². The molecule has 5 N–H and O–H groups in total. The van der Waals surface area contributed by atoms with E-state index in [0.29, 0.717) is 30.4 Å². The van der Waals surface area contributed by atoms with Crippen molar-refractivity contribution < 1.29 is 34.4 Å². The highest BCUT2D eigenvalue weighted by molar-refractivity contribution is 6.30. The van der Waals surface area contributed by atoms with Gasteiger partial charge in [0, 0.05) is 34.7 Å². The topological polar surface area (TPSA) is 139 Å². The monoisotopic (exact) mass is 475 g/mol. The summed E-state index contributed by atoms with van der Waals surface area (Å²) in [6.07, 6.45) is -0.812. The number of fused-ring (bicyclic) bond motifs is 3. The van der Waals surface area contributed by atoms with Gasteiger partial charge in [0.25, 0.3) is 0 Å². The van der Waals surface area contributed by atoms with E-state index in [-0.39, 0.29) is 52.6 Å². The third-order valence-corrected chi connectivity index (χ3v) is 6.74. The summed E-state index contributed by atoms with van der Waals surface area (Å²) in [5, 5.41) is 32.3. The lowest BCUT2D eigenvalue weighted by molar-refractivity contribution is -0.242. The van der Waals surface area contributed by atoms with E-state index in [9.17, 15) is 24.9 Å². The maximum atomic E-state index is 13.2. The maximum absolute atomic E-state index is 13.2. The first-order valence-electron chi connectivity index (χ1n) is 10.8. The van der Waals surface area contributed by atoms with Crippen molar-refractivity contribution in [3.8, 4) is 11.5 Å². The normalized spacial score (nSPS) is 28.4. The van der Waals surface area contributed by atoms with Crippen molar-refractivity contribution in [1.29, 1.82) is 0 Å². The Bertz CT molecular complexity index is 1120. The summed E-state index contributed by atoms with van der Waals surface area (Å²) in [4.78, 5) is 26.3. The average Bonchev–Trinajstić information content (AvgIpc) is 2.78. The van der Waals surface area contributed by atoms with Gasteiger partial charge in [-0.2, -0.15) is 0 Å². The second kappa shape index (κ2) is 8.70. The van der Waals surface area contributed by atoms with Crippen LogP contribution in [0.3, 0.4) is 0 Å². The molecule has 1 fully saturated rings. The smallest absolute Gasteiger partial charge is 0.198 e. The fourth-order valence-electron chi connectivity index (χ4n) is 5.08. The molecule has 3 aliphatic rings. The number of aliphatic hydroxyl groups is 1. The number of nitrogens with two attached hydrogens (primary N) is 1. The zero-order valence-corrected chi connectivity index (χ0v) is 18.8. The second-order valence-corrected chi connectivity index (χ2v) is 8.72. The van der Waals surface area contributed by atoms with Crippen LogP contribution in [0, 0.1) is 0 Å². The van der Waals surface area contributed by atoms with E-state index in [1.807, 2.05) is 0 Å². The molecule has 1 saturated heterocycles. The summed E-state index contributed by atoms with van der Waals surface area (Å²) in [5.74, 6) is -1.61. The Morgan fingerprint density at radius 3 is 2.27 bits per heavy atom. The molecule has 5 atom stereocenters. The van der Waals surface area contributed by atoms with E-state index < -0.39 is 42.2 Å². The summed E-state index contributed by atoms with van der Waals surface area (Å²) in [6.45, 7) is 1.70. The fraction of sp³-hybridized carbons (Fsp3) is 0.417. The number of benzene rings is 2. The van der Waals surface area contributed by atoms with Crippen LogP contribution in [0.25, 0.3) is 0 Å². The molecule has 0 radical (unpaired) electrons. The number of ether oxygens (including phenoxy) is 2. The van der Waals surface area contributed by atoms with Gasteiger partial charge >= 0.3 is 0 Å². The molecule has 33 heavy (non-hydrogen) atoms. The lowest BCUT2D eigenvalue weighted by atomic mass is 9.77. The van der Waals surface area contributed by atoms with E-state index in [1.54, 1.807) is 25.1 Å². The minimum Gasteiger partial charge on any atom is -0.507 e. The molecular formula is C24H26ClNO7. The molecular weight excluding hydrogens is 450 g/mol. The number of phenols is 2. The largest absolute Gasteiger partial charge is 0.507 e. The Kier molecular flexibility index (Phi) is 6.24. The fourth-order valence-corrected chi connectivity index (χ4v) is 5.08. The predicted octanol–water partition coefficient (Wildman–Crippen LogP) is 2.51. The number of halogens is 1.